The van der Waals surface area contributed by atoms with E-state index in [1.807, 2.05) is 0 Å². The van der Waals surface area contributed by atoms with Gasteiger partial charge in [-0.2, -0.15) is 21.6 Å². The number of sulfonamides is 1. The van der Waals surface area contributed by atoms with E-state index in [4.69, 9.17) is 14.2 Å². The minimum absolute atomic E-state index is 0.0170. The van der Waals surface area contributed by atoms with Crippen molar-refractivity contribution < 1.29 is 58.3 Å². The van der Waals surface area contributed by atoms with Crippen molar-refractivity contribution in [2.45, 2.75) is 10.4 Å². The molecule has 4 rings (SSSR count). The van der Waals surface area contributed by atoms with Crippen molar-refractivity contribution in [3.63, 3.8) is 0 Å². The zero-order valence-corrected chi connectivity index (χ0v) is 18.3. The Morgan fingerprint density at radius 1 is 1.12 bits per heavy atom. The molecule has 182 valence electrons. The Labute approximate surface area is 189 Å². The third kappa shape index (κ3) is 3.63. The summed E-state index contributed by atoms with van der Waals surface area (Å²) >= 11 is 0. The van der Waals surface area contributed by atoms with Gasteiger partial charge in [0.1, 0.15) is 5.75 Å². The Kier molecular flexibility index (Phi) is 5.32. The van der Waals surface area contributed by atoms with E-state index in [-0.39, 0.29) is 28.3 Å². The maximum Gasteiger partial charge on any atom is 0.534 e. The molecule has 0 unspecified atom stereocenters. The molecule has 11 nitrogen and oxygen atoms in total. The first-order valence-electron chi connectivity index (χ1n) is 8.89. The third-order valence-corrected chi connectivity index (χ3v) is 7.38. The maximum atomic E-state index is 13.4. The minimum Gasteiger partial charge on any atom is -0.497 e. The summed E-state index contributed by atoms with van der Waals surface area (Å²) in [6, 6.07) is 6.28. The summed E-state index contributed by atoms with van der Waals surface area (Å²) in [6.45, 7) is -0.214. The van der Waals surface area contributed by atoms with E-state index in [9.17, 15) is 39.9 Å². The van der Waals surface area contributed by atoms with Gasteiger partial charge >= 0.3 is 21.6 Å². The van der Waals surface area contributed by atoms with Gasteiger partial charge in [0.15, 0.2) is 23.0 Å². The smallest absolute Gasteiger partial charge is 0.497 e. The summed E-state index contributed by atoms with van der Waals surface area (Å²) in [5.41, 5.74) is -8.51. The number of rotatable bonds is 5. The second kappa shape index (κ2) is 7.69. The van der Waals surface area contributed by atoms with E-state index in [1.54, 1.807) is 0 Å². The average molecular weight is 523 g/mol. The second-order valence-corrected chi connectivity index (χ2v) is 9.93. The number of hydrogen-bond donors (Lipinski definition) is 1. The van der Waals surface area contributed by atoms with Gasteiger partial charge in [0.2, 0.25) is 6.79 Å². The van der Waals surface area contributed by atoms with Gasteiger partial charge in [0.05, 0.1) is 17.7 Å². The molecular weight excluding hydrogens is 511 g/mol. The molecule has 1 N–H and O–H groups in total. The van der Waals surface area contributed by atoms with Crippen LogP contribution in [0.2, 0.25) is 0 Å². The van der Waals surface area contributed by atoms with Crippen molar-refractivity contribution >= 4 is 37.6 Å². The van der Waals surface area contributed by atoms with E-state index in [2.05, 4.69) is 4.18 Å². The Bertz CT molecular complexity index is 1450. The molecule has 0 spiro atoms. The normalized spacial score (nSPS) is 16.8. The summed E-state index contributed by atoms with van der Waals surface area (Å²) in [7, 11) is -10.1. The number of carboxylic acids is 1. The zero-order chi connectivity index (χ0) is 25.1. The lowest BCUT2D eigenvalue weighted by molar-refractivity contribution is -0.132. The molecule has 0 atom stereocenters. The highest BCUT2D eigenvalue weighted by Gasteiger charge is 2.52. The Morgan fingerprint density at radius 3 is 2.41 bits per heavy atom. The lowest BCUT2D eigenvalue weighted by Crippen LogP contribution is -2.39. The zero-order valence-electron chi connectivity index (χ0n) is 16.7. The number of carboxylic acid groups (broad SMARTS) is 1. The van der Waals surface area contributed by atoms with Crippen LogP contribution in [0.3, 0.4) is 0 Å². The van der Waals surface area contributed by atoms with Gasteiger partial charge in [0, 0.05) is 11.6 Å². The first kappa shape index (κ1) is 23.5. The number of fused-ring (bicyclic) bond motifs is 2. The second-order valence-electron chi connectivity index (χ2n) is 6.64. The Balaban J connectivity index is 2.06. The fourth-order valence-electron chi connectivity index (χ4n) is 3.18. The average Bonchev–Trinajstić information content (AvgIpc) is 3.21. The molecule has 2 aromatic rings. The van der Waals surface area contributed by atoms with Crippen molar-refractivity contribution in [1.29, 1.82) is 0 Å². The monoisotopic (exact) mass is 523 g/mol. The van der Waals surface area contributed by atoms with E-state index in [1.165, 1.54) is 6.07 Å². The lowest BCUT2D eigenvalue weighted by atomic mass is 10.1. The molecule has 2 aliphatic heterocycles. The number of methoxy groups -OCH3 is 1. The molecular formula is C18H12F3NO10S2. The predicted molar refractivity (Wildman–Crippen MR) is 106 cm³/mol. The largest absolute Gasteiger partial charge is 0.534 e. The molecule has 0 radical (unpaired) electrons. The molecule has 2 aromatic carbocycles. The number of alkyl halides is 3. The molecule has 0 bridgehead atoms. The van der Waals surface area contributed by atoms with Crippen LogP contribution in [0.5, 0.6) is 17.2 Å². The fraction of sp³-hybridized carbons (Fsp3) is 0.167. The molecule has 2 aliphatic rings. The van der Waals surface area contributed by atoms with Gasteiger partial charge in [-0.1, -0.05) is 0 Å². The summed E-state index contributed by atoms with van der Waals surface area (Å²) in [5.74, 6) is -3.38. The predicted octanol–water partition coefficient (Wildman–Crippen LogP) is 2.25. The molecule has 0 amide bonds. The van der Waals surface area contributed by atoms with Gasteiger partial charge in [-0.15, -0.1) is 0 Å². The minimum atomic E-state index is -6.41. The highest BCUT2D eigenvalue weighted by atomic mass is 32.2. The molecule has 0 saturated carbocycles. The van der Waals surface area contributed by atoms with E-state index in [0.29, 0.717) is 0 Å². The van der Waals surface area contributed by atoms with Gasteiger partial charge in [0.25, 0.3) is 10.0 Å². The van der Waals surface area contributed by atoms with Crippen LogP contribution < -0.4 is 18.5 Å². The van der Waals surface area contributed by atoms with Crippen LogP contribution >= 0.6 is 0 Å². The van der Waals surface area contributed by atoms with Gasteiger partial charge in [-0.3, -0.25) is 0 Å². The number of anilines is 1. The third-order valence-electron chi connectivity index (χ3n) is 4.64. The van der Waals surface area contributed by atoms with Crippen LogP contribution in [0.1, 0.15) is 5.56 Å². The van der Waals surface area contributed by atoms with Crippen LogP contribution in [-0.4, -0.2) is 47.3 Å². The number of carbonyl (C=O) groups is 1. The first-order valence-corrected chi connectivity index (χ1v) is 11.7. The van der Waals surface area contributed by atoms with Crippen LogP contribution in [0, 0.1) is 0 Å². The summed E-state index contributed by atoms with van der Waals surface area (Å²) < 4.78 is 109. The van der Waals surface area contributed by atoms with E-state index >= 15 is 0 Å². The molecule has 34 heavy (non-hydrogen) atoms. The van der Waals surface area contributed by atoms with E-state index < -0.39 is 59.2 Å². The van der Waals surface area contributed by atoms with E-state index in [0.717, 1.165) is 37.4 Å². The molecule has 0 aromatic heterocycles. The van der Waals surface area contributed by atoms with Gasteiger partial charge in [-0.05, 0) is 30.3 Å². The number of benzene rings is 2. The molecule has 2 heterocycles. The first-order chi connectivity index (χ1) is 15.8. The standard InChI is InChI=1S/C18H12F3NO10S2/c1-29-10-3-5-14-11(7-10)16(32-34(27,28)18(19,20)21)15(17(23)24)22(33(14,25)26)9-2-4-12-13(6-9)31-8-30-12/h2-7H,8H2,1H3,(H,23,24). The van der Waals surface area contributed by atoms with Crippen LogP contribution in [0.4, 0.5) is 18.9 Å². The lowest BCUT2D eigenvalue weighted by Gasteiger charge is -2.31. The molecule has 0 saturated heterocycles. The number of aliphatic carboxylic acids is 1. The van der Waals surface area contributed by atoms with Crippen molar-refractivity contribution in [3.8, 4) is 17.2 Å². The van der Waals surface area contributed by atoms with Crippen LogP contribution in [0.15, 0.2) is 47.0 Å². The van der Waals surface area contributed by atoms with Crippen LogP contribution in [0.25, 0.3) is 5.76 Å². The number of halogens is 3. The summed E-state index contributed by atoms with van der Waals surface area (Å²) in [6.07, 6.45) is 0. The number of nitrogens with zero attached hydrogens (tertiary/aromatic N) is 1. The maximum absolute atomic E-state index is 13.4. The highest BCUT2D eigenvalue weighted by Crippen LogP contribution is 2.45. The van der Waals surface area contributed by atoms with Gasteiger partial charge < -0.3 is 23.5 Å². The summed E-state index contributed by atoms with van der Waals surface area (Å²) in [5, 5.41) is 9.81. The topological polar surface area (TPSA) is 146 Å². The molecule has 16 heteroatoms. The van der Waals surface area contributed by atoms with Crippen molar-refractivity contribution in [3.05, 3.63) is 47.7 Å². The highest BCUT2D eigenvalue weighted by molar-refractivity contribution is 7.93. The summed E-state index contributed by atoms with van der Waals surface area (Å²) in [4.78, 5) is 11.4. The number of hydrogen-bond acceptors (Lipinski definition) is 9. The Hall–Kier alpha value is -3.66. The van der Waals surface area contributed by atoms with Crippen molar-refractivity contribution in [2.75, 3.05) is 18.2 Å². The Morgan fingerprint density at radius 2 is 1.79 bits per heavy atom. The number of ether oxygens (including phenoxy) is 3. The van der Waals surface area contributed by atoms with Gasteiger partial charge in [-0.25, -0.2) is 17.5 Å². The molecule has 0 fully saturated rings. The van der Waals surface area contributed by atoms with Crippen molar-refractivity contribution in [1.82, 2.24) is 0 Å². The molecule has 0 aliphatic carbocycles. The van der Waals surface area contributed by atoms with Crippen molar-refractivity contribution in [2.24, 2.45) is 0 Å². The quantitative estimate of drug-likeness (QED) is 0.457. The van der Waals surface area contributed by atoms with Crippen LogP contribution in [-0.2, 0) is 29.1 Å². The fourth-order valence-corrected chi connectivity index (χ4v) is 5.32. The SMILES string of the molecule is COc1ccc2c(c1)C(OS(=O)(=O)C(F)(F)F)=C(C(=O)O)N(c1ccc3c(c1)OCO3)S2(=O)=O.